The van der Waals surface area contributed by atoms with E-state index in [0.717, 1.165) is 10.0 Å². The SMILES string of the molecule is Cc1c(Br)cccc1C(=O)NCCOCC(=O)O. The van der Waals surface area contributed by atoms with Crippen LogP contribution in [0.1, 0.15) is 15.9 Å². The lowest BCUT2D eigenvalue weighted by atomic mass is 10.1. The highest BCUT2D eigenvalue weighted by atomic mass is 79.9. The molecule has 1 amide bonds. The monoisotopic (exact) mass is 315 g/mol. The molecule has 0 heterocycles. The number of amides is 1. The summed E-state index contributed by atoms with van der Waals surface area (Å²) >= 11 is 3.35. The van der Waals surface area contributed by atoms with Crippen LogP contribution in [0.25, 0.3) is 0 Å². The lowest BCUT2D eigenvalue weighted by Crippen LogP contribution is -2.28. The number of hydrogen-bond acceptors (Lipinski definition) is 3. The average molecular weight is 316 g/mol. The second-order valence-electron chi connectivity index (χ2n) is 3.61. The van der Waals surface area contributed by atoms with Crippen molar-refractivity contribution in [3.63, 3.8) is 0 Å². The largest absolute Gasteiger partial charge is 0.480 e. The Kier molecular flexibility index (Phi) is 5.80. The van der Waals surface area contributed by atoms with Crippen molar-refractivity contribution < 1.29 is 19.4 Å². The van der Waals surface area contributed by atoms with E-state index >= 15 is 0 Å². The second kappa shape index (κ2) is 7.13. The summed E-state index contributed by atoms with van der Waals surface area (Å²) < 4.78 is 5.68. The molecule has 0 fully saturated rings. The normalized spacial score (nSPS) is 10.1. The van der Waals surface area contributed by atoms with E-state index in [1.807, 2.05) is 13.0 Å². The number of nitrogens with one attached hydrogen (secondary N) is 1. The first-order valence-corrected chi connectivity index (χ1v) is 6.14. The maximum atomic E-state index is 11.8. The highest BCUT2D eigenvalue weighted by molar-refractivity contribution is 9.10. The van der Waals surface area contributed by atoms with Gasteiger partial charge in [-0.15, -0.1) is 0 Å². The number of carbonyl (C=O) groups is 2. The van der Waals surface area contributed by atoms with Crippen molar-refractivity contribution in [2.75, 3.05) is 19.8 Å². The van der Waals surface area contributed by atoms with Gasteiger partial charge in [0.15, 0.2) is 0 Å². The van der Waals surface area contributed by atoms with E-state index in [-0.39, 0.29) is 25.7 Å². The Morgan fingerprint density at radius 1 is 1.44 bits per heavy atom. The van der Waals surface area contributed by atoms with Crippen LogP contribution in [-0.4, -0.2) is 36.7 Å². The van der Waals surface area contributed by atoms with Gasteiger partial charge in [-0.05, 0) is 24.6 Å². The molecule has 0 unspecified atom stereocenters. The number of ether oxygens (including phenoxy) is 1. The molecule has 6 heteroatoms. The number of carbonyl (C=O) groups excluding carboxylic acids is 1. The summed E-state index contributed by atoms with van der Waals surface area (Å²) in [6.07, 6.45) is 0. The zero-order chi connectivity index (χ0) is 13.5. The minimum absolute atomic E-state index is 0.172. The molecular formula is C12H14BrNO4. The van der Waals surface area contributed by atoms with Gasteiger partial charge < -0.3 is 15.2 Å². The fourth-order valence-electron chi connectivity index (χ4n) is 1.34. The molecule has 0 bridgehead atoms. The Balaban J connectivity index is 2.41. The molecule has 98 valence electrons. The van der Waals surface area contributed by atoms with Gasteiger partial charge in [-0.1, -0.05) is 22.0 Å². The Bertz CT molecular complexity index is 448. The summed E-state index contributed by atoms with van der Waals surface area (Å²) in [6.45, 7) is 1.94. The van der Waals surface area contributed by atoms with E-state index in [1.165, 1.54) is 0 Å². The van der Waals surface area contributed by atoms with Crippen LogP contribution in [0, 0.1) is 6.92 Å². The van der Waals surface area contributed by atoms with Crippen LogP contribution in [-0.2, 0) is 9.53 Å². The number of benzene rings is 1. The van der Waals surface area contributed by atoms with Crippen LogP contribution in [0.2, 0.25) is 0 Å². The minimum atomic E-state index is -1.02. The lowest BCUT2D eigenvalue weighted by molar-refractivity contribution is -0.142. The van der Waals surface area contributed by atoms with E-state index in [9.17, 15) is 9.59 Å². The quantitative estimate of drug-likeness (QED) is 0.782. The summed E-state index contributed by atoms with van der Waals surface area (Å²) in [6, 6.07) is 5.38. The summed E-state index contributed by atoms with van der Waals surface area (Å²) in [5, 5.41) is 11.0. The zero-order valence-electron chi connectivity index (χ0n) is 9.90. The third kappa shape index (κ3) is 4.46. The number of hydrogen-bond donors (Lipinski definition) is 2. The van der Waals surface area contributed by atoms with E-state index in [1.54, 1.807) is 12.1 Å². The van der Waals surface area contributed by atoms with Crippen molar-refractivity contribution in [1.82, 2.24) is 5.32 Å². The standard InChI is InChI=1S/C12H14BrNO4/c1-8-9(3-2-4-10(8)13)12(17)14-5-6-18-7-11(15)16/h2-4H,5-7H2,1H3,(H,14,17)(H,15,16). The third-order valence-electron chi connectivity index (χ3n) is 2.27. The van der Waals surface area contributed by atoms with E-state index in [0.29, 0.717) is 5.56 Å². The molecule has 0 aliphatic carbocycles. The van der Waals surface area contributed by atoms with Crippen LogP contribution in [0.3, 0.4) is 0 Å². The minimum Gasteiger partial charge on any atom is -0.480 e. The van der Waals surface area contributed by atoms with Crippen LogP contribution in [0.5, 0.6) is 0 Å². The summed E-state index contributed by atoms with van der Waals surface area (Å²) in [5.74, 6) is -1.23. The Labute approximate surface area is 113 Å². The Hall–Kier alpha value is -1.40. The van der Waals surface area contributed by atoms with Gasteiger partial charge in [0, 0.05) is 16.6 Å². The van der Waals surface area contributed by atoms with Gasteiger partial charge in [-0.2, -0.15) is 0 Å². The Morgan fingerprint density at radius 2 is 2.17 bits per heavy atom. The fourth-order valence-corrected chi connectivity index (χ4v) is 1.71. The van der Waals surface area contributed by atoms with E-state index < -0.39 is 5.97 Å². The number of carboxylic acids is 1. The molecule has 1 aromatic rings. The molecule has 1 aromatic carbocycles. The van der Waals surface area contributed by atoms with Crippen molar-refractivity contribution in [2.24, 2.45) is 0 Å². The van der Waals surface area contributed by atoms with Crippen molar-refractivity contribution in [1.29, 1.82) is 0 Å². The van der Waals surface area contributed by atoms with E-state index in [2.05, 4.69) is 21.2 Å². The van der Waals surface area contributed by atoms with Crippen LogP contribution < -0.4 is 5.32 Å². The average Bonchev–Trinajstić information content (AvgIpc) is 2.31. The van der Waals surface area contributed by atoms with Crippen LogP contribution >= 0.6 is 15.9 Å². The van der Waals surface area contributed by atoms with Crippen LogP contribution in [0.4, 0.5) is 0 Å². The molecular weight excluding hydrogens is 302 g/mol. The zero-order valence-corrected chi connectivity index (χ0v) is 11.5. The molecule has 0 saturated carbocycles. The van der Waals surface area contributed by atoms with Crippen molar-refractivity contribution in [2.45, 2.75) is 6.92 Å². The molecule has 2 N–H and O–H groups in total. The maximum Gasteiger partial charge on any atom is 0.329 e. The predicted molar refractivity (Wildman–Crippen MR) is 69.7 cm³/mol. The molecule has 0 saturated heterocycles. The first-order valence-electron chi connectivity index (χ1n) is 5.35. The van der Waals surface area contributed by atoms with Gasteiger partial charge in [-0.3, -0.25) is 4.79 Å². The van der Waals surface area contributed by atoms with Crippen molar-refractivity contribution in [3.05, 3.63) is 33.8 Å². The lowest BCUT2D eigenvalue weighted by Gasteiger charge is -2.08. The summed E-state index contributed by atoms with van der Waals surface area (Å²) in [7, 11) is 0. The first-order chi connectivity index (χ1) is 8.52. The maximum absolute atomic E-state index is 11.8. The predicted octanol–water partition coefficient (Wildman–Crippen LogP) is 1.59. The molecule has 1 rings (SSSR count). The molecule has 0 atom stereocenters. The molecule has 18 heavy (non-hydrogen) atoms. The molecule has 0 spiro atoms. The van der Waals surface area contributed by atoms with Crippen molar-refractivity contribution >= 4 is 27.8 Å². The van der Waals surface area contributed by atoms with Gasteiger partial charge in [0.1, 0.15) is 6.61 Å². The topological polar surface area (TPSA) is 75.6 Å². The smallest absolute Gasteiger partial charge is 0.329 e. The molecule has 0 aliphatic rings. The van der Waals surface area contributed by atoms with Gasteiger partial charge in [-0.25, -0.2) is 4.79 Å². The number of halogens is 1. The van der Waals surface area contributed by atoms with Gasteiger partial charge in [0.25, 0.3) is 5.91 Å². The summed E-state index contributed by atoms with van der Waals surface area (Å²) in [4.78, 5) is 22.0. The Morgan fingerprint density at radius 3 is 2.83 bits per heavy atom. The molecule has 0 radical (unpaired) electrons. The fraction of sp³-hybridized carbons (Fsp3) is 0.333. The van der Waals surface area contributed by atoms with E-state index in [4.69, 9.17) is 9.84 Å². The highest BCUT2D eigenvalue weighted by Gasteiger charge is 2.09. The number of carboxylic acid groups (broad SMARTS) is 1. The van der Waals surface area contributed by atoms with Gasteiger partial charge in [0.05, 0.1) is 6.61 Å². The third-order valence-corrected chi connectivity index (χ3v) is 3.13. The second-order valence-corrected chi connectivity index (χ2v) is 4.47. The molecule has 0 aromatic heterocycles. The van der Waals surface area contributed by atoms with Crippen LogP contribution in [0.15, 0.2) is 22.7 Å². The van der Waals surface area contributed by atoms with Crippen molar-refractivity contribution in [3.8, 4) is 0 Å². The molecule has 5 nitrogen and oxygen atoms in total. The summed E-state index contributed by atoms with van der Waals surface area (Å²) in [5.41, 5.74) is 1.45. The molecule has 0 aliphatic heterocycles. The van der Waals surface area contributed by atoms with Gasteiger partial charge in [0.2, 0.25) is 0 Å². The number of rotatable bonds is 6. The highest BCUT2D eigenvalue weighted by Crippen LogP contribution is 2.19. The van der Waals surface area contributed by atoms with Gasteiger partial charge >= 0.3 is 5.97 Å². The number of aliphatic carboxylic acids is 1. The first kappa shape index (κ1) is 14.7.